The molecule has 0 atom stereocenters. The lowest BCUT2D eigenvalue weighted by molar-refractivity contribution is -0.132. The van der Waals surface area contributed by atoms with Crippen LogP contribution in [0.5, 0.6) is 5.75 Å². The molecule has 2 N–H and O–H groups in total. The Morgan fingerprint density at radius 1 is 1.19 bits per heavy atom. The third-order valence-electron chi connectivity index (χ3n) is 3.15. The standard InChI is InChI=1S/C16H19N3O2/c1-19(11-8-13-6-9-18-10-7-13)16(20)12-21-15-4-2-14(17)3-5-15/h2-7,9-10H,8,11-12,17H2,1H3. The lowest BCUT2D eigenvalue weighted by Crippen LogP contribution is -2.33. The Labute approximate surface area is 124 Å². The number of hydrogen-bond donors (Lipinski definition) is 1. The molecule has 5 heteroatoms. The van der Waals surface area contributed by atoms with E-state index < -0.39 is 0 Å². The maximum atomic E-state index is 12.0. The van der Waals surface area contributed by atoms with Crippen LogP contribution in [0.25, 0.3) is 0 Å². The highest BCUT2D eigenvalue weighted by atomic mass is 16.5. The Balaban J connectivity index is 1.76. The molecular formula is C16H19N3O2. The number of nitrogens with two attached hydrogens (primary N) is 1. The molecule has 2 rings (SSSR count). The molecule has 5 nitrogen and oxygen atoms in total. The van der Waals surface area contributed by atoms with Crippen molar-refractivity contribution in [2.24, 2.45) is 0 Å². The second kappa shape index (κ2) is 7.28. The van der Waals surface area contributed by atoms with Gasteiger partial charge in [0.2, 0.25) is 0 Å². The molecule has 0 bridgehead atoms. The average molecular weight is 285 g/mol. The van der Waals surface area contributed by atoms with Crippen LogP contribution >= 0.6 is 0 Å². The Bertz CT molecular complexity index is 570. The first kappa shape index (κ1) is 14.8. The highest BCUT2D eigenvalue weighted by molar-refractivity contribution is 5.77. The summed E-state index contributed by atoms with van der Waals surface area (Å²) >= 11 is 0. The fourth-order valence-corrected chi connectivity index (χ4v) is 1.79. The zero-order valence-electron chi connectivity index (χ0n) is 12.0. The Morgan fingerprint density at radius 3 is 2.52 bits per heavy atom. The third kappa shape index (κ3) is 4.80. The Morgan fingerprint density at radius 2 is 1.86 bits per heavy atom. The van der Waals surface area contributed by atoms with Crippen LogP contribution in [0.4, 0.5) is 5.69 Å². The van der Waals surface area contributed by atoms with Crippen molar-refractivity contribution in [1.29, 1.82) is 0 Å². The molecule has 21 heavy (non-hydrogen) atoms. The minimum atomic E-state index is -0.0547. The Kier molecular flexibility index (Phi) is 5.15. The SMILES string of the molecule is CN(CCc1ccncc1)C(=O)COc1ccc(N)cc1. The fraction of sp³-hybridized carbons (Fsp3) is 0.250. The molecule has 0 aliphatic heterocycles. The van der Waals surface area contributed by atoms with Crippen LogP contribution in [-0.2, 0) is 11.2 Å². The molecule has 0 saturated heterocycles. The number of hydrogen-bond acceptors (Lipinski definition) is 4. The molecule has 0 spiro atoms. The van der Waals surface area contributed by atoms with Crippen LogP contribution in [-0.4, -0.2) is 36.0 Å². The normalized spacial score (nSPS) is 10.1. The van der Waals surface area contributed by atoms with Crippen LogP contribution in [0.3, 0.4) is 0 Å². The number of pyridine rings is 1. The maximum Gasteiger partial charge on any atom is 0.260 e. The average Bonchev–Trinajstić information content (AvgIpc) is 2.52. The van der Waals surface area contributed by atoms with E-state index in [1.807, 2.05) is 12.1 Å². The number of likely N-dealkylation sites (N-methyl/N-ethyl adjacent to an activating group) is 1. The summed E-state index contributed by atoms with van der Waals surface area (Å²) in [5.74, 6) is 0.584. The van der Waals surface area contributed by atoms with E-state index >= 15 is 0 Å². The summed E-state index contributed by atoms with van der Waals surface area (Å²) in [4.78, 5) is 17.6. The molecule has 1 aromatic carbocycles. The molecule has 0 aliphatic rings. The van der Waals surface area contributed by atoms with E-state index in [4.69, 9.17) is 10.5 Å². The van der Waals surface area contributed by atoms with Gasteiger partial charge in [-0.3, -0.25) is 9.78 Å². The van der Waals surface area contributed by atoms with Gasteiger partial charge in [-0.25, -0.2) is 0 Å². The summed E-state index contributed by atoms with van der Waals surface area (Å²) in [6.07, 6.45) is 4.30. The second-order valence-electron chi connectivity index (χ2n) is 4.78. The minimum Gasteiger partial charge on any atom is -0.484 e. The molecule has 0 saturated carbocycles. The molecule has 1 heterocycles. The number of rotatable bonds is 6. The summed E-state index contributed by atoms with van der Waals surface area (Å²) < 4.78 is 5.44. The topological polar surface area (TPSA) is 68.5 Å². The lowest BCUT2D eigenvalue weighted by atomic mass is 10.2. The smallest absolute Gasteiger partial charge is 0.260 e. The van der Waals surface area contributed by atoms with Crippen LogP contribution in [0.1, 0.15) is 5.56 Å². The van der Waals surface area contributed by atoms with Gasteiger partial charge in [-0.15, -0.1) is 0 Å². The van der Waals surface area contributed by atoms with Gasteiger partial charge in [0.1, 0.15) is 5.75 Å². The molecule has 2 aromatic rings. The van der Waals surface area contributed by atoms with E-state index in [0.717, 1.165) is 12.0 Å². The zero-order valence-corrected chi connectivity index (χ0v) is 12.0. The highest BCUT2D eigenvalue weighted by Crippen LogP contribution is 2.13. The van der Waals surface area contributed by atoms with Gasteiger partial charge in [0, 0.05) is 31.7 Å². The van der Waals surface area contributed by atoms with E-state index in [9.17, 15) is 4.79 Å². The van der Waals surface area contributed by atoms with Gasteiger partial charge in [-0.2, -0.15) is 0 Å². The van der Waals surface area contributed by atoms with Gasteiger partial charge in [0.05, 0.1) is 0 Å². The van der Waals surface area contributed by atoms with Crippen LogP contribution < -0.4 is 10.5 Å². The summed E-state index contributed by atoms with van der Waals surface area (Å²) in [6.45, 7) is 0.671. The number of amides is 1. The van der Waals surface area contributed by atoms with E-state index in [2.05, 4.69) is 4.98 Å². The zero-order chi connectivity index (χ0) is 15.1. The first-order valence-corrected chi connectivity index (χ1v) is 6.76. The third-order valence-corrected chi connectivity index (χ3v) is 3.15. The molecule has 0 aliphatic carbocycles. The van der Waals surface area contributed by atoms with Gasteiger partial charge in [0.25, 0.3) is 5.91 Å². The first-order chi connectivity index (χ1) is 10.1. The van der Waals surface area contributed by atoms with E-state index in [1.165, 1.54) is 0 Å². The molecule has 0 radical (unpaired) electrons. The molecular weight excluding hydrogens is 266 g/mol. The van der Waals surface area contributed by atoms with E-state index in [-0.39, 0.29) is 12.5 Å². The summed E-state index contributed by atoms with van der Waals surface area (Å²) in [5, 5.41) is 0. The molecule has 0 unspecified atom stereocenters. The second-order valence-corrected chi connectivity index (χ2v) is 4.78. The van der Waals surface area contributed by atoms with Crippen LogP contribution in [0.15, 0.2) is 48.8 Å². The van der Waals surface area contributed by atoms with Crippen LogP contribution in [0.2, 0.25) is 0 Å². The summed E-state index contributed by atoms with van der Waals surface area (Å²) in [7, 11) is 1.77. The number of benzene rings is 1. The summed E-state index contributed by atoms with van der Waals surface area (Å²) in [5.41, 5.74) is 7.42. The van der Waals surface area contributed by atoms with Crippen LogP contribution in [0, 0.1) is 0 Å². The highest BCUT2D eigenvalue weighted by Gasteiger charge is 2.09. The van der Waals surface area contributed by atoms with Crippen molar-refractivity contribution in [3.8, 4) is 5.75 Å². The number of aromatic nitrogens is 1. The molecule has 0 fully saturated rings. The number of carbonyl (C=O) groups is 1. The number of nitrogens with zero attached hydrogens (tertiary/aromatic N) is 2. The lowest BCUT2D eigenvalue weighted by Gasteiger charge is -2.17. The van der Waals surface area contributed by atoms with Crippen molar-refractivity contribution in [2.45, 2.75) is 6.42 Å². The Hall–Kier alpha value is -2.56. The van der Waals surface area contributed by atoms with E-state index in [1.54, 1.807) is 48.6 Å². The van der Waals surface area contributed by atoms with Crippen molar-refractivity contribution in [2.75, 3.05) is 25.9 Å². The van der Waals surface area contributed by atoms with Crippen molar-refractivity contribution in [3.05, 3.63) is 54.4 Å². The van der Waals surface area contributed by atoms with Crippen molar-refractivity contribution < 1.29 is 9.53 Å². The predicted molar refractivity (Wildman–Crippen MR) is 81.9 cm³/mol. The van der Waals surface area contributed by atoms with E-state index in [0.29, 0.717) is 18.0 Å². The van der Waals surface area contributed by atoms with Gasteiger partial charge in [0.15, 0.2) is 6.61 Å². The molecule has 110 valence electrons. The number of carbonyl (C=O) groups excluding carboxylic acids is 1. The number of nitrogen functional groups attached to an aromatic ring is 1. The van der Waals surface area contributed by atoms with Crippen molar-refractivity contribution in [1.82, 2.24) is 9.88 Å². The van der Waals surface area contributed by atoms with Gasteiger partial charge < -0.3 is 15.4 Å². The fourth-order valence-electron chi connectivity index (χ4n) is 1.79. The first-order valence-electron chi connectivity index (χ1n) is 6.76. The van der Waals surface area contributed by atoms with Crippen molar-refractivity contribution >= 4 is 11.6 Å². The molecule has 1 amide bonds. The monoisotopic (exact) mass is 285 g/mol. The molecule has 1 aromatic heterocycles. The predicted octanol–water partition coefficient (Wildman–Crippen LogP) is 1.74. The number of ether oxygens (including phenoxy) is 1. The largest absolute Gasteiger partial charge is 0.484 e. The van der Waals surface area contributed by atoms with Gasteiger partial charge in [-0.05, 0) is 48.4 Å². The maximum absolute atomic E-state index is 12.0. The van der Waals surface area contributed by atoms with Crippen molar-refractivity contribution in [3.63, 3.8) is 0 Å². The van der Waals surface area contributed by atoms with Gasteiger partial charge in [-0.1, -0.05) is 0 Å². The number of anilines is 1. The van der Waals surface area contributed by atoms with Gasteiger partial charge >= 0.3 is 0 Å². The quantitative estimate of drug-likeness (QED) is 0.821. The minimum absolute atomic E-state index is 0.0246. The summed E-state index contributed by atoms with van der Waals surface area (Å²) in [6, 6.07) is 10.9.